The number of hydrogen-bond acceptors (Lipinski definition) is 3. The summed E-state index contributed by atoms with van der Waals surface area (Å²) in [7, 11) is 1.88. The summed E-state index contributed by atoms with van der Waals surface area (Å²) in [6.45, 7) is 0. The minimum atomic E-state index is -0.446. The number of fused-ring (bicyclic) bond motifs is 1. The molecular weight excluding hydrogens is 259 g/mol. The number of carbonyl (C=O) groups excluding carboxylic acids is 1. The number of aromatic nitrogens is 3. The average Bonchev–Trinajstić information content (AvgIpc) is 2.83. The zero-order valence-electron chi connectivity index (χ0n) is 10.7. The van der Waals surface area contributed by atoms with Gasteiger partial charge in [-0.1, -0.05) is 0 Å². The average molecular weight is 270 g/mol. The first kappa shape index (κ1) is 12.3. The standard InChI is InChI=1S/C14H11FN4O/c1-19-5-3-10-9(2-4-16-14(10)19)11-6-13(18-8-20)17-7-12(11)15/h2-8H,1H3,(H,17,18,20). The van der Waals surface area contributed by atoms with E-state index in [1.54, 1.807) is 12.3 Å². The van der Waals surface area contributed by atoms with Crippen molar-refractivity contribution >= 4 is 23.3 Å². The Bertz CT molecular complexity index is 797. The monoisotopic (exact) mass is 270 g/mol. The van der Waals surface area contributed by atoms with Gasteiger partial charge in [0.1, 0.15) is 17.3 Å². The largest absolute Gasteiger partial charge is 0.336 e. The minimum absolute atomic E-state index is 0.303. The van der Waals surface area contributed by atoms with Crippen molar-refractivity contribution in [3.63, 3.8) is 0 Å². The number of pyridine rings is 2. The third-order valence-electron chi connectivity index (χ3n) is 3.12. The van der Waals surface area contributed by atoms with Crippen LogP contribution in [-0.4, -0.2) is 20.9 Å². The van der Waals surface area contributed by atoms with Crippen molar-refractivity contribution < 1.29 is 9.18 Å². The molecule has 0 fully saturated rings. The molecule has 1 amide bonds. The lowest BCUT2D eigenvalue weighted by Gasteiger charge is -2.07. The van der Waals surface area contributed by atoms with Gasteiger partial charge in [0, 0.05) is 30.4 Å². The molecule has 0 atom stereocenters. The number of anilines is 1. The molecule has 0 aromatic carbocycles. The molecule has 5 nitrogen and oxygen atoms in total. The van der Waals surface area contributed by atoms with Gasteiger partial charge in [0.15, 0.2) is 0 Å². The Balaban J connectivity index is 2.24. The molecule has 3 heterocycles. The van der Waals surface area contributed by atoms with E-state index in [0.717, 1.165) is 17.2 Å². The summed E-state index contributed by atoms with van der Waals surface area (Å²) in [5.41, 5.74) is 1.86. The molecule has 100 valence electrons. The zero-order valence-corrected chi connectivity index (χ0v) is 10.7. The number of amides is 1. The van der Waals surface area contributed by atoms with E-state index < -0.39 is 5.82 Å². The van der Waals surface area contributed by atoms with Crippen molar-refractivity contribution in [3.05, 3.63) is 42.6 Å². The van der Waals surface area contributed by atoms with Gasteiger partial charge in [-0.15, -0.1) is 0 Å². The molecule has 3 aromatic rings. The molecule has 1 N–H and O–H groups in total. The SMILES string of the molecule is Cn1ccc2c(-c3cc(NC=O)ncc3F)ccnc21. The van der Waals surface area contributed by atoms with Crippen LogP contribution in [0, 0.1) is 5.82 Å². The van der Waals surface area contributed by atoms with Gasteiger partial charge < -0.3 is 9.88 Å². The molecule has 0 saturated heterocycles. The smallest absolute Gasteiger partial charge is 0.212 e. The highest BCUT2D eigenvalue weighted by molar-refractivity contribution is 5.94. The lowest BCUT2D eigenvalue weighted by molar-refractivity contribution is -0.105. The summed E-state index contributed by atoms with van der Waals surface area (Å²) in [6, 6.07) is 5.13. The Morgan fingerprint density at radius 2 is 2.15 bits per heavy atom. The number of halogens is 1. The summed E-state index contributed by atoms with van der Waals surface area (Å²) in [5, 5.41) is 3.26. The molecule has 0 unspecified atom stereocenters. The quantitative estimate of drug-likeness (QED) is 0.743. The molecule has 0 saturated carbocycles. The summed E-state index contributed by atoms with van der Waals surface area (Å²) in [5.74, 6) is -0.143. The maximum absolute atomic E-state index is 14.0. The van der Waals surface area contributed by atoms with Crippen LogP contribution in [0.25, 0.3) is 22.2 Å². The molecule has 0 radical (unpaired) electrons. The van der Waals surface area contributed by atoms with E-state index in [1.807, 2.05) is 23.9 Å². The third kappa shape index (κ3) is 1.91. The van der Waals surface area contributed by atoms with E-state index in [2.05, 4.69) is 15.3 Å². The van der Waals surface area contributed by atoms with Crippen molar-refractivity contribution in [2.24, 2.45) is 7.05 Å². The fourth-order valence-corrected chi connectivity index (χ4v) is 2.18. The van der Waals surface area contributed by atoms with Crippen LogP contribution in [0.15, 0.2) is 36.8 Å². The number of rotatable bonds is 3. The molecule has 0 aliphatic heterocycles. The Morgan fingerprint density at radius 3 is 2.95 bits per heavy atom. The minimum Gasteiger partial charge on any atom is -0.336 e. The Morgan fingerprint density at radius 1 is 1.30 bits per heavy atom. The zero-order chi connectivity index (χ0) is 14.1. The van der Waals surface area contributed by atoms with Crippen LogP contribution < -0.4 is 5.32 Å². The second-order valence-corrected chi connectivity index (χ2v) is 4.33. The number of carbonyl (C=O) groups is 1. The van der Waals surface area contributed by atoms with E-state index in [-0.39, 0.29) is 0 Å². The van der Waals surface area contributed by atoms with Crippen LogP contribution in [0.2, 0.25) is 0 Å². The van der Waals surface area contributed by atoms with Gasteiger partial charge in [0.05, 0.1) is 6.20 Å². The fourth-order valence-electron chi connectivity index (χ4n) is 2.18. The van der Waals surface area contributed by atoms with Gasteiger partial charge in [0.25, 0.3) is 0 Å². The van der Waals surface area contributed by atoms with Gasteiger partial charge in [0.2, 0.25) is 6.41 Å². The van der Waals surface area contributed by atoms with E-state index >= 15 is 0 Å². The normalized spacial score (nSPS) is 10.7. The van der Waals surface area contributed by atoms with E-state index in [1.165, 1.54) is 6.07 Å². The fraction of sp³-hybridized carbons (Fsp3) is 0.0714. The van der Waals surface area contributed by atoms with Crippen molar-refractivity contribution in [1.29, 1.82) is 0 Å². The number of nitrogens with zero attached hydrogens (tertiary/aromatic N) is 3. The topological polar surface area (TPSA) is 59.8 Å². The second kappa shape index (κ2) is 4.73. The van der Waals surface area contributed by atoms with E-state index in [0.29, 0.717) is 23.4 Å². The summed E-state index contributed by atoms with van der Waals surface area (Å²) in [4.78, 5) is 18.5. The molecule has 0 aliphatic carbocycles. The lowest BCUT2D eigenvalue weighted by atomic mass is 10.0. The highest BCUT2D eigenvalue weighted by Crippen LogP contribution is 2.30. The summed E-state index contributed by atoms with van der Waals surface area (Å²) in [6.07, 6.45) is 5.10. The van der Waals surface area contributed by atoms with Crippen molar-refractivity contribution in [2.75, 3.05) is 5.32 Å². The molecule has 0 aliphatic rings. The second-order valence-electron chi connectivity index (χ2n) is 4.33. The summed E-state index contributed by atoms with van der Waals surface area (Å²) < 4.78 is 15.9. The van der Waals surface area contributed by atoms with Crippen LogP contribution in [0.1, 0.15) is 0 Å². The third-order valence-corrected chi connectivity index (χ3v) is 3.12. The summed E-state index contributed by atoms with van der Waals surface area (Å²) >= 11 is 0. The first-order chi connectivity index (χ1) is 9.70. The van der Waals surface area contributed by atoms with Gasteiger partial charge in [-0.05, 0) is 23.8 Å². The molecule has 3 rings (SSSR count). The maximum atomic E-state index is 14.0. The van der Waals surface area contributed by atoms with E-state index in [4.69, 9.17) is 0 Å². The molecule has 0 spiro atoms. The Hall–Kier alpha value is -2.76. The van der Waals surface area contributed by atoms with Crippen LogP contribution in [0.4, 0.5) is 10.2 Å². The molecule has 20 heavy (non-hydrogen) atoms. The molecular formula is C14H11FN4O. The van der Waals surface area contributed by atoms with Gasteiger partial charge >= 0.3 is 0 Å². The molecule has 6 heteroatoms. The van der Waals surface area contributed by atoms with Crippen molar-refractivity contribution in [3.8, 4) is 11.1 Å². The van der Waals surface area contributed by atoms with E-state index in [9.17, 15) is 9.18 Å². The maximum Gasteiger partial charge on any atom is 0.212 e. The Kier molecular flexibility index (Phi) is 2.90. The number of hydrogen-bond donors (Lipinski definition) is 1. The lowest BCUT2D eigenvalue weighted by Crippen LogP contribution is -1.98. The predicted octanol–water partition coefficient (Wildman–Crippen LogP) is 2.34. The van der Waals surface area contributed by atoms with Gasteiger partial charge in [-0.3, -0.25) is 4.79 Å². The van der Waals surface area contributed by atoms with Crippen LogP contribution in [0.5, 0.6) is 0 Å². The molecule has 3 aromatic heterocycles. The van der Waals surface area contributed by atoms with Crippen LogP contribution >= 0.6 is 0 Å². The van der Waals surface area contributed by atoms with Crippen molar-refractivity contribution in [1.82, 2.24) is 14.5 Å². The van der Waals surface area contributed by atoms with Gasteiger partial charge in [-0.25, -0.2) is 14.4 Å². The first-order valence-corrected chi connectivity index (χ1v) is 5.97. The molecule has 0 bridgehead atoms. The van der Waals surface area contributed by atoms with Crippen LogP contribution in [0.3, 0.4) is 0 Å². The highest BCUT2D eigenvalue weighted by Gasteiger charge is 2.12. The van der Waals surface area contributed by atoms with Gasteiger partial charge in [-0.2, -0.15) is 0 Å². The Labute approximate surface area is 114 Å². The highest BCUT2D eigenvalue weighted by atomic mass is 19.1. The van der Waals surface area contributed by atoms with Crippen molar-refractivity contribution in [2.45, 2.75) is 0 Å². The number of aryl methyl sites for hydroxylation is 1. The number of nitrogens with one attached hydrogen (secondary N) is 1. The van der Waals surface area contributed by atoms with Crippen LogP contribution in [-0.2, 0) is 11.8 Å². The predicted molar refractivity (Wildman–Crippen MR) is 73.6 cm³/mol. The first-order valence-electron chi connectivity index (χ1n) is 5.97.